The Kier molecular flexibility index (Phi) is 2.58. The fraction of sp³-hybridized carbons (Fsp3) is 0.667. The fourth-order valence-corrected chi connectivity index (χ4v) is 1.66. The molecule has 5 heteroatoms. The molecule has 0 aliphatic carbocycles. The maximum Gasteiger partial charge on any atom is 0.223 e. The number of nitrogens with two attached hydrogens (primary N) is 1. The Labute approximate surface area is 82.7 Å². The van der Waals surface area contributed by atoms with Gasteiger partial charge >= 0.3 is 0 Å². The molecule has 5 nitrogen and oxygen atoms in total. The minimum atomic E-state index is 0.319. The number of aryl methyl sites for hydroxylation is 1. The Morgan fingerprint density at radius 1 is 1.21 bits per heavy atom. The SMILES string of the molecule is Cc1nc(N)nc(C2CCOCC2)n1. The van der Waals surface area contributed by atoms with Gasteiger partial charge in [-0.3, -0.25) is 0 Å². The van der Waals surface area contributed by atoms with Crippen molar-refractivity contribution in [2.45, 2.75) is 25.7 Å². The zero-order valence-electron chi connectivity index (χ0n) is 8.23. The number of aromatic nitrogens is 3. The van der Waals surface area contributed by atoms with Crippen LogP contribution in [0.4, 0.5) is 5.95 Å². The van der Waals surface area contributed by atoms with Crippen LogP contribution in [-0.4, -0.2) is 28.2 Å². The van der Waals surface area contributed by atoms with Gasteiger partial charge in [-0.15, -0.1) is 0 Å². The molecule has 0 bridgehead atoms. The van der Waals surface area contributed by atoms with Gasteiger partial charge in [-0.25, -0.2) is 4.98 Å². The molecule has 1 aromatic rings. The van der Waals surface area contributed by atoms with E-state index >= 15 is 0 Å². The Hall–Kier alpha value is -1.23. The van der Waals surface area contributed by atoms with Gasteiger partial charge in [0.2, 0.25) is 5.95 Å². The molecule has 2 rings (SSSR count). The van der Waals surface area contributed by atoms with Crippen LogP contribution in [0.25, 0.3) is 0 Å². The molecule has 1 aliphatic heterocycles. The molecule has 76 valence electrons. The molecule has 2 heterocycles. The number of ether oxygens (including phenoxy) is 1. The molecule has 0 aromatic carbocycles. The van der Waals surface area contributed by atoms with Crippen molar-refractivity contribution in [3.63, 3.8) is 0 Å². The molecule has 1 fully saturated rings. The van der Waals surface area contributed by atoms with Crippen LogP contribution in [0.15, 0.2) is 0 Å². The van der Waals surface area contributed by atoms with Gasteiger partial charge in [-0.1, -0.05) is 0 Å². The van der Waals surface area contributed by atoms with Gasteiger partial charge in [0.25, 0.3) is 0 Å². The van der Waals surface area contributed by atoms with Crippen molar-refractivity contribution in [2.75, 3.05) is 18.9 Å². The van der Waals surface area contributed by atoms with Crippen molar-refractivity contribution in [1.82, 2.24) is 15.0 Å². The van der Waals surface area contributed by atoms with E-state index in [2.05, 4.69) is 15.0 Å². The molecular formula is C9H14N4O. The molecule has 1 aliphatic rings. The predicted molar refractivity (Wildman–Crippen MR) is 51.8 cm³/mol. The topological polar surface area (TPSA) is 73.9 Å². The van der Waals surface area contributed by atoms with E-state index in [0.717, 1.165) is 31.9 Å². The Bertz CT molecular complexity index is 302. The summed E-state index contributed by atoms with van der Waals surface area (Å²) in [5, 5.41) is 0. The fourth-order valence-electron chi connectivity index (χ4n) is 1.66. The number of nitrogens with zero attached hydrogens (tertiary/aromatic N) is 3. The maximum absolute atomic E-state index is 5.57. The first-order valence-corrected chi connectivity index (χ1v) is 4.81. The molecule has 0 spiro atoms. The summed E-state index contributed by atoms with van der Waals surface area (Å²) < 4.78 is 5.28. The van der Waals surface area contributed by atoms with E-state index < -0.39 is 0 Å². The molecular weight excluding hydrogens is 180 g/mol. The van der Waals surface area contributed by atoms with E-state index in [4.69, 9.17) is 10.5 Å². The summed E-state index contributed by atoms with van der Waals surface area (Å²) in [7, 11) is 0. The molecule has 0 atom stereocenters. The second kappa shape index (κ2) is 3.88. The molecule has 2 N–H and O–H groups in total. The molecule has 0 radical (unpaired) electrons. The van der Waals surface area contributed by atoms with Crippen molar-refractivity contribution in [1.29, 1.82) is 0 Å². The van der Waals surface area contributed by atoms with Crippen LogP contribution in [0.1, 0.15) is 30.4 Å². The van der Waals surface area contributed by atoms with Crippen LogP contribution in [0.3, 0.4) is 0 Å². The smallest absolute Gasteiger partial charge is 0.223 e. The molecule has 1 aromatic heterocycles. The Morgan fingerprint density at radius 2 is 1.93 bits per heavy atom. The predicted octanol–water partition coefficient (Wildman–Crippen LogP) is 0.656. The van der Waals surface area contributed by atoms with Gasteiger partial charge in [-0.2, -0.15) is 9.97 Å². The molecule has 14 heavy (non-hydrogen) atoms. The third kappa shape index (κ3) is 1.98. The zero-order valence-corrected chi connectivity index (χ0v) is 8.23. The van der Waals surface area contributed by atoms with Gasteiger partial charge in [0.1, 0.15) is 11.6 Å². The average Bonchev–Trinajstić information content (AvgIpc) is 2.18. The highest BCUT2D eigenvalue weighted by atomic mass is 16.5. The van der Waals surface area contributed by atoms with Crippen molar-refractivity contribution < 1.29 is 4.74 Å². The summed E-state index contributed by atoms with van der Waals surface area (Å²) in [4.78, 5) is 12.4. The highest BCUT2D eigenvalue weighted by Crippen LogP contribution is 2.23. The van der Waals surface area contributed by atoms with Gasteiger partial charge in [0, 0.05) is 19.1 Å². The number of hydrogen-bond donors (Lipinski definition) is 1. The van der Waals surface area contributed by atoms with Gasteiger partial charge < -0.3 is 10.5 Å². The number of hydrogen-bond acceptors (Lipinski definition) is 5. The van der Waals surface area contributed by atoms with Crippen LogP contribution in [0.5, 0.6) is 0 Å². The maximum atomic E-state index is 5.57. The first-order chi connectivity index (χ1) is 6.75. The summed E-state index contributed by atoms with van der Waals surface area (Å²) in [5.74, 6) is 2.21. The van der Waals surface area contributed by atoms with Gasteiger partial charge in [0.05, 0.1) is 0 Å². The summed E-state index contributed by atoms with van der Waals surface area (Å²) in [6.45, 7) is 3.41. The lowest BCUT2D eigenvalue weighted by Gasteiger charge is -2.20. The van der Waals surface area contributed by atoms with Crippen LogP contribution in [0, 0.1) is 6.92 Å². The van der Waals surface area contributed by atoms with Crippen molar-refractivity contribution in [3.8, 4) is 0 Å². The second-order valence-electron chi connectivity index (χ2n) is 3.49. The lowest BCUT2D eigenvalue weighted by Crippen LogP contribution is -2.17. The van der Waals surface area contributed by atoms with Crippen molar-refractivity contribution >= 4 is 5.95 Å². The lowest BCUT2D eigenvalue weighted by atomic mass is 10.00. The minimum absolute atomic E-state index is 0.319. The largest absolute Gasteiger partial charge is 0.381 e. The first-order valence-electron chi connectivity index (χ1n) is 4.81. The van der Waals surface area contributed by atoms with Crippen LogP contribution < -0.4 is 5.73 Å². The summed E-state index contributed by atoms with van der Waals surface area (Å²) in [6, 6.07) is 0. The first kappa shape index (κ1) is 9.33. The molecule has 1 saturated heterocycles. The Balaban J connectivity index is 2.21. The summed E-state index contributed by atoms with van der Waals surface area (Å²) in [5.41, 5.74) is 5.57. The van der Waals surface area contributed by atoms with E-state index in [0.29, 0.717) is 17.7 Å². The average molecular weight is 194 g/mol. The van der Waals surface area contributed by atoms with Crippen LogP contribution in [-0.2, 0) is 4.74 Å². The molecule has 0 unspecified atom stereocenters. The normalized spacial score (nSPS) is 18.4. The summed E-state index contributed by atoms with van der Waals surface area (Å²) in [6.07, 6.45) is 1.95. The van der Waals surface area contributed by atoms with Crippen LogP contribution in [0.2, 0.25) is 0 Å². The van der Waals surface area contributed by atoms with E-state index in [1.54, 1.807) is 0 Å². The second-order valence-corrected chi connectivity index (χ2v) is 3.49. The van der Waals surface area contributed by atoms with E-state index in [1.165, 1.54) is 0 Å². The van der Waals surface area contributed by atoms with E-state index in [9.17, 15) is 0 Å². The number of anilines is 1. The third-order valence-electron chi connectivity index (χ3n) is 2.37. The zero-order chi connectivity index (χ0) is 9.97. The number of nitrogen functional groups attached to an aromatic ring is 1. The number of rotatable bonds is 1. The summed E-state index contributed by atoms with van der Waals surface area (Å²) >= 11 is 0. The highest BCUT2D eigenvalue weighted by Gasteiger charge is 2.19. The molecule has 0 amide bonds. The molecule has 0 saturated carbocycles. The van der Waals surface area contributed by atoms with Gasteiger partial charge in [-0.05, 0) is 19.8 Å². The quantitative estimate of drug-likeness (QED) is 0.710. The monoisotopic (exact) mass is 194 g/mol. The standard InChI is InChI=1S/C9H14N4O/c1-6-11-8(13-9(10)12-6)7-2-4-14-5-3-7/h7H,2-5H2,1H3,(H2,10,11,12,13). The lowest BCUT2D eigenvalue weighted by molar-refractivity contribution is 0.0835. The van der Waals surface area contributed by atoms with E-state index in [-0.39, 0.29) is 0 Å². The van der Waals surface area contributed by atoms with Crippen molar-refractivity contribution in [2.24, 2.45) is 0 Å². The highest BCUT2D eigenvalue weighted by molar-refractivity contribution is 5.17. The minimum Gasteiger partial charge on any atom is -0.381 e. The van der Waals surface area contributed by atoms with E-state index in [1.807, 2.05) is 6.92 Å². The van der Waals surface area contributed by atoms with Gasteiger partial charge in [0.15, 0.2) is 0 Å². The van der Waals surface area contributed by atoms with Crippen LogP contribution >= 0.6 is 0 Å². The third-order valence-corrected chi connectivity index (χ3v) is 2.37. The Morgan fingerprint density at radius 3 is 2.57 bits per heavy atom. The van der Waals surface area contributed by atoms with Crippen molar-refractivity contribution in [3.05, 3.63) is 11.6 Å².